The molecule has 20 heavy (non-hydrogen) atoms. The first kappa shape index (κ1) is 17.2. The van der Waals surface area contributed by atoms with Gasteiger partial charge in [-0.25, -0.2) is 0 Å². The normalized spacial score (nSPS) is 10.5. The third kappa shape index (κ3) is 7.65. The molecule has 0 aliphatic carbocycles. The van der Waals surface area contributed by atoms with E-state index in [1.54, 1.807) is 0 Å². The lowest BCUT2D eigenvalue weighted by Crippen LogP contribution is -2.22. The highest BCUT2D eigenvalue weighted by Crippen LogP contribution is 2.25. The number of unbranched alkanes of at least 4 members (excludes halogenated alkanes) is 2. The average Bonchev–Trinajstić information content (AvgIpc) is 2.47. The Morgan fingerprint density at radius 1 is 1.00 bits per heavy atom. The molecule has 0 atom stereocenters. The monoisotopic (exact) mass is 297 g/mol. The van der Waals surface area contributed by atoms with Crippen LogP contribution in [0.4, 0.5) is 0 Å². The van der Waals surface area contributed by atoms with Gasteiger partial charge < -0.3 is 14.8 Å². The number of benzene rings is 1. The molecule has 0 aliphatic rings. The molecule has 0 saturated carbocycles. The van der Waals surface area contributed by atoms with Gasteiger partial charge in [-0.1, -0.05) is 18.6 Å². The number of nitrogens with one attached hydrogen (secondary N) is 1. The third-order valence-electron chi connectivity index (χ3n) is 2.89. The maximum Gasteiger partial charge on any atom is 0.161 e. The molecule has 0 spiro atoms. The molecule has 0 saturated heterocycles. The highest BCUT2D eigenvalue weighted by Gasteiger charge is 2.02. The zero-order valence-corrected chi connectivity index (χ0v) is 13.5. The van der Waals surface area contributed by atoms with Gasteiger partial charge in [0.15, 0.2) is 11.5 Å². The molecule has 1 aromatic carbocycles. The summed E-state index contributed by atoms with van der Waals surface area (Å²) in [4.78, 5) is 0. The SMILES string of the molecule is CCOc1ccccc1OCCNCCCCCSC. The molecule has 1 aromatic rings. The highest BCUT2D eigenvalue weighted by molar-refractivity contribution is 7.98. The maximum atomic E-state index is 5.74. The van der Waals surface area contributed by atoms with Gasteiger partial charge in [0.1, 0.15) is 6.61 Å². The minimum Gasteiger partial charge on any atom is -0.490 e. The Bertz CT molecular complexity index is 347. The Hall–Kier alpha value is -0.870. The molecule has 4 heteroatoms. The molecule has 0 aromatic heterocycles. The number of hydrogen-bond donors (Lipinski definition) is 1. The van der Waals surface area contributed by atoms with Crippen LogP contribution in [0.15, 0.2) is 24.3 Å². The summed E-state index contributed by atoms with van der Waals surface area (Å²) in [6.45, 7) is 5.27. The summed E-state index contributed by atoms with van der Waals surface area (Å²) < 4.78 is 11.3. The van der Waals surface area contributed by atoms with Gasteiger partial charge in [0.25, 0.3) is 0 Å². The maximum absolute atomic E-state index is 5.74. The number of para-hydroxylation sites is 2. The molecule has 0 aliphatic heterocycles. The molecule has 0 unspecified atom stereocenters. The van der Waals surface area contributed by atoms with Crippen molar-refractivity contribution in [1.29, 1.82) is 0 Å². The molecule has 0 heterocycles. The van der Waals surface area contributed by atoms with Gasteiger partial charge in [0.05, 0.1) is 6.61 Å². The summed E-state index contributed by atoms with van der Waals surface area (Å²) in [5.74, 6) is 2.93. The molecule has 0 amide bonds. The van der Waals surface area contributed by atoms with E-state index >= 15 is 0 Å². The first-order valence-corrected chi connectivity index (χ1v) is 8.82. The van der Waals surface area contributed by atoms with Gasteiger partial charge in [-0.05, 0) is 50.5 Å². The number of thioether (sulfide) groups is 1. The lowest BCUT2D eigenvalue weighted by atomic mass is 10.2. The topological polar surface area (TPSA) is 30.5 Å². The lowest BCUT2D eigenvalue weighted by Gasteiger charge is -2.11. The molecule has 1 N–H and O–H groups in total. The van der Waals surface area contributed by atoms with Crippen LogP contribution in [0.25, 0.3) is 0 Å². The van der Waals surface area contributed by atoms with Crippen molar-refractivity contribution in [2.75, 3.05) is 38.3 Å². The second-order valence-electron chi connectivity index (χ2n) is 4.53. The van der Waals surface area contributed by atoms with Crippen LogP contribution < -0.4 is 14.8 Å². The van der Waals surface area contributed by atoms with Crippen LogP contribution in [-0.2, 0) is 0 Å². The van der Waals surface area contributed by atoms with E-state index in [0.29, 0.717) is 13.2 Å². The van der Waals surface area contributed by atoms with Gasteiger partial charge in [-0.15, -0.1) is 0 Å². The van der Waals surface area contributed by atoms with Gasteiger partial charge in [-0.2, -0.15) is 11.8 Å². The van der Waals surface area contributed by atoms with E-state index < -0.39 is 0 Å². The summed E-state index contributed by atoms with van der Waals surface area (Å²) in [6, 6.07) is 7.83. The van der Waals surface area contributed by atoms with Crippen LogP contribution >= 0.6 is 11.8 Å². The van der Waals surface area contributed by atoms with E-state index in [1.807, 2.05) is 43.0 Å². The molecule has 1 rings (SSSR count). The Balaban J connectivity index is 2.06. The number of ether oxygens (including phenoxy) is 2. The predicted molar refractivity (Wildman–Crippen MR) is 88.2 cm³/mol. The fourth-order valence-electron chi connectivity index (χ4n) is 1.88. The highest BCUT2D eigenvalue weighted by atomic mass is 32.2. The van der Waals surface area contributed by atoms with Gasteiger partial charge in [0, 0.05) is 6.54 Å². The van der Waals surface area contributed by atoms with Crippen molar-refractivity contribution in [3.8, 4) is 11.5 Å². The van der Waals surface area contributed by atoms with E-state index in [0.717, 1.165) is 24.6 Å². The molecule has 114 valence electrons. The van der Waals surface area contributed by atoms with E-state index in [4.69, 9.17) is 9.47 Å². The Morgan fingerprint density at radius 3 is 2.45 bits per heavy atom. The second-order valence-corrected chi connectivity index (χ2v) is 5.52. The van der Waals surface area contributed by atoms with E-state index in [9.17, 15) is 0 Å². The first-order valence-electron chi connectivity index (χ1n) is 7.42. The van der Waals surface area contributed by atoms with Crippen molar-refractivity contribution in [1.82, 2.24) is 5.32 Å². The summed E-state index contributed by atoms with van der Waals surface area (Å²) in [5.41, 5.74) is 0. The number of hydrogen-bond acceptors (Lipinski definition) is 4. The van der Waals surface area contributed by atoms with E-state index in [2.05, 4.69) is 11.6 Å². The quantitative estimate of drug-likeness (QED) is 0.597. The van der Waals surface area contributed by atoms with Crippen LogP contribution in [0.3, 0.4) is 0 Å². The van der Waals surface area contributed by atoms with Gasteiger partial charge >= 0.3 is 0 Å². The van der Waals surface area contributed by atoms with Crippen molar-refractivity contribution in [2.24, 2.45) is 0 Å². The summed E-state index contributed by atoms with van der Waals surface area (Å²) in [6.07, 6.45) is 6.04. The molecule has 0 fully saturated rings. The van der Waals surface area contributed by atoms with Crippen molar-refractivity contribution in [2.45, 2.75) is 26.2 Å². The Kier molecular flexibility index (Phi) is 10.2. The molecular weight excluding hydrogens is 270 g/mol. The molecule has 3 nitrogen and oxygen atoms in total. The minimum absolute atomic E-state index is 0.661. The predicted octanol–water partition coefficient (Wildman–Crippen LogP) is 3.59. The molecule has 0 bridgehead atoms. The van der Waals surface area contributed by atoms with Crippen LogP contribution in [0, 0.1) is 0 Å². The third-order valence-corrected chi connectivity index (χ3v) is 3.58. The Labute approximate surface area is 127 Å². The molecular formula is C16H27NO2S. The largest absolute Gasteiger partial charge is 0.490 e. The molecule has 0 radical (unpaired) electrons. The van der Waals surface area contributed by atoms with E-state index in [1.165, 1.54) is 25.0 Å². The smallest absolute Gasteiger partial charge is 0.161 e. The van der Waals surface area contributed by atoms with Gasteiger partial charge in [-0.3, -0.25) is 0 Å². The van der Waals surface area contributed by atoms with Crippen LogP contribution in [0.1, 0.15) is 26.2 Å². The fourth-order valence-corrected chi connectivity index (χ4v) is 2.37. The van der Waals surface area contributed by atoms with Gasteiger partial charge in [0.2, 0.25) is 0 Å². The fraction of sp³-hybridized carbons (Fsp3) is 0.625. The summed E-state index contributed by atoms with van der Waals surface area (Å²) in [5, 5.41) is 3.41. The second kappa shape index (κ2) is 11.9. The standard InChI is InChI=1S/C16H27NO2S/c1-3-18-15-9-5-6-10-16(15)19-13-12-17-11-7-4-8-14-20-2/h5-6,9-10,17H,3-4,7-8,11-14H2,1-2H3. The summed E-state index contributed by atoms with van der Waals surface area (Å²) in [7, 11) is 0. The van der Waals surface area contributed by atoms with Crippen LogP contribution in [0.2, 0.25) is 0 Å². The zero-order chi connectivity index (χ0) is 14.5. The minimum atomic E-state index is 0.661. The van der Waals surface area contributed by atoms with Crippen LogP contribution in [-0.4, -0.2) is 38.3 Å². The summed E-state index contributed by atoms with van der Waals surface area (Å²) >= 11 is 1.92. The Morgan fingerprint density at radius 2 is 1.75 bits per heavy atom. The van der Waals surface area contributed by atoms with Crippen molar-refractivity contribution >= 4 is 11.8 Å². The number of rotatable bonds is 12. The van der Waals surface area contributed by atoms with Crippen molar-refractivity contribution in [3.63, 3.8) is 0 Å². The first-order chi connectivity index (χ1) is 9.88. The average molecular weight is 297 g/mol. The van der Waals surface area contributed by atoms with E-state index in [-0.39, 0.29) is 0 Å². The van der Waals surface area contributed by atoms with Crippen molar-refractivity contribution < 1.29 is 9.47 Å². The van der Waals surface area contributed by atoms with Crippen molar-refractivity contribution in [3.05, 3.63) is 24.3 Å². The lowest BCUT2D eigenvalue weighted by molar-refractivity contribution is 0.275. The van der Waals surface area contributed by atoms with Crippen LogP contribution in [0.5, 0.6) is 11.5 Å². The zero-order valence-electron chi connectivity index (χ0n) is 12.7.